The van der Waals surface area contributed by atoms with Crippen molar-refractivity contribution in [3.05, 3.63) is 0 Å². The molecule has 0 aliphatic heterocycles. The fourth-order valence-corrected chi connectivity index (χ4v) is 0.625. The first-order valence-electron chi connectivity index (χ1n) is 3.27. The molecule has 0 spiro atoms. The van der Waals surface area contributed by atoms with E-state index in [0.717, 1.165) is 0 Å². The maximum absolute atomic E-state index is 12.6. The fourth-order valence-electron chi connectivity index (χ4n) is 0.625. The molecule has 0 aromatic rings. The minimum absolute atomic E-state index is 0.238. The molecule has 60 valence electrons. The van der Waals surface area contributed by atoms with Gasteiger partial charge in [0.25, 0.3) is 0 Å². The molecule has 0 saturated carbocycles. The van der Waals surface area contributed by atoms with E-state index in [2.05, 4.69) is 5.73 Å². The SMILES string of the molecule is CCC[C@@H](F)[C@H]([NH3+])C(=O)[O-]. The van der Waals surface area contributed by atoms with E-state index in [1.165, 1.54) is 0 Å². The number of quaternary nitrogens is 1. The van der Waals surface area contributed by atoms with Crippen LogP contribution in [0.15, 0.2) is 0 Å². The van der Waals surface area contributed by atoms with Crippen molar-refractivity contribution >= 4 is 5.97 Å². The van der Waals surface area contributed by atoms with Crippen LogP contribution in [0.5, 0.6) is 0 Å². The van der Waals surface area contributed by atoms with Crippen LogP contribution in [-0.2, 0) is 4.79 Å². The summed E-state index contributed by atoms with van der Waals surface area (Å²) >= 11 is 0. The average molecular weight is 149 g/mol. The van der Waals surface area contributed by atoms with Crippen molar-refractivity contribution in [2.45, 2.75) is 32.0 Å². The van der Waals surface area contributed by atoms with Crippen molar-refractivity contribution in [2.75, 3.05) is 0 Å². The maximum Gasteiger partial charge on any atom is 0.157 e. The molecule has 0 heterocycles. The molecule has 0 radical (unpaired) electrons. The first-order valence-corrected chi connectivity index (χ1v) is 3.27. The Labute approximate surface area is 59.0 Å². The molecule has 2 atom stereocenters. The summed E-state index contributed by atoms with van der Waals surface area (Å²) < 4.78 is 12.6. The number of rotatable bonds is 4. The summed E-state index contributed by atoms with van der Waals surface area (Å²) in [5.74, 6) is -1.42. The second-order valence-electron chi connectivity index (χ2n) is 2.23. The summed E-state index contributed by atoms with van der Waals surface area (Å²) in [5, 5.41) is 10.0. The monoisotopic (exact) mass is 149 g/mol. The third kappa shape index (κ3) is 2.77. The molecule has 0 bridgehead atoms. The molecule has 0 aliphatic rings. The molecular weight excluding hydrogens is 137 g/mol. The van der Waals surface area contributed by atoms with E-state index in [1.807, 2.05) is 0 Å². The third-order valence-corrected chi connectivity index (χ3v) is 1.30. The van der Waals surface area contributed by atoms with Gasteiger partial charge in [-0.1, -0.05) is 13.3 Å². The van der Waals surface area contributed by atoms with Gasteiger partial charge < -0.3 is 15.6 Å². The number of carboxylic acids is 1. The lowest BCUT2D eigenvalue weighted by atomic mass is 10.1. The van der Waals surface area contributed by atoms with E-state index >= 15 is 0 Å². The molecule has 4 heteroatoms. The van der Waals surface area contributed by atoms with Gasteiger partial charge in [0, 0.05) is 0 Å². The Balaban J connectivity index is 3.69. The number of carbonyl (C=O) groups excluding carboxylic acids is 1. The highest BCUT2D eigenvalue weighted by Gasteiger charge is 2.19. The summed E-state index contributed by atoms with van der Waals surface area (Å²) in [6, 6.07) is -1.22. The summed E-state index contributed by atoms with van der Waals surface area (Å²) in [6.07, 6.45) is -0.502. The van der Waals surface area contributed by atoms with Gasteiger partial charge in [-0.3, -0.25) is 0 Å². The standard InChI is InChI=1S/C6H12FNO2/c1-2-3-4(7)5(8)6(9)10/h4-5H,2-3,8H2,1H3,(H,9,10)/t4-,5+/m1/s1. The van der Waals surface area contributed by atoms with Crippen molar-refractivity contribution in [3.63, 3.8) is 0 Å². The number of aliphatic carboxylic acids is 1. The summed E-state index contributed by atoms with van der Waals surface area (Å²) in [7, 11) is 0. The van der Waals surface area contributed by atoms with Gasteiger partial charge in [-0.05, 0) is 6.42 Å². The smallest absolute Gasteiger partial charge is 0.157 e. The van der Waals surface area contributed by atoms with Crippen molar-refractivity contribution in [1.29, 1.82) is 0 Å². The minimum Gasteiger partial charge on any atom is -0.544 e. The van der Waals surface area contributed by atoms with Gasteiger partial charge in [0.1, 0.15) is 5.97 Å². The van der Waals surface area contributed by atoms with E-state index in [1.54, 1.807) is 6.92 Å². The van der Waals surface area contributed by atoms with Crippen LogP contribution >= 0.6 is 0 Å². The van der Waals surface area contributed by atoms with Gasteiger partial charge >= 0.3 is 0 Å². The van der Waals surface area contributed by atoms with Crippen LogP contribution in [0.2, 0.25) is 0 Å². The van der Waals surface area contributed by atoms with Gasteiger partial charge in [0.05, 0.1) is 0 Å². The fraction of sp³-hybridized carbons (Fsp3) is 0.833. The molecule has 0 aromatic carbocycles. The normalized spacial score (nSPS) is 16.3. The second-order valence-corrected chi connectivity index (χ2v) is 2.23. The quantitative estimate of drug-likeness (QED) is 0.527. The molecule has 0 saturated heterocycles. The number of halogens is 1. The van der Waals surface area contributed by atoms with Gasteiger partial charge in [-0.15, -0.1) is 0 Å². The Hall–Kier alpha value is -0.640. The molecule has 0 rings (SSSR count). The first kappa shape index (κ1) is 9.36. The predicted molar refractivity (Wildman–Crippen MR) is 31.5 cm³/mol. The van der Waals surface area contributed by atoms with E-state index in [0.29, 0.717) is 6.42 Å². The van der Waals surface area contributed by atoms with Crippen LogP contribution in [0.1, 0.15) is 19.8 Å². The zero-order valence-electron chi connectivity index (χ0n) is 5.97. The summed E-state index contributed by atoms with van der Waals surface area (Å²) in [5.41, 5.74) is 3.12. The molecule has 3 nitrogen and oxygen atoms in total. The van der Waals surface area contributed by atoms with Crippen LogP contribution < -0.4 is 10.8 Å². The van der Waals surface area contributed by atoms with Crippen LogP contribution in [0.3, 0.4) is 0 Å². The van der Waals surface area contributed by atoms with Crippen molar-refractivity contribution in [1.82, 2.24) is 0 Å². The lowest BCUT2D eigenvalue weighted by molar-refractivity contribution is -0.447. The van der Waals surface area contributed by atoms with Gasteiger partial charge in [0.15, 0.2) is 12.2 Å². The third-order valence-electron chi connectivity index (χ3n) is 1.30. The summed E-state index contributed by atoms with van der Waals surface area (Å²) in [4.78, 5) is 10.0. The van der Waals surface area contributed by atoms with Gasteiger partial charge in [0.2, 0.25) is 0 Å². The number of carbonyl (C=O) groups is 1. The Morgan fingerprint density at radius 3 is 2.60 bits per heavy atom. The second kappa shape index (κ2) is 4.22. The van der Waals surface area contributed by atoms with Crippen LogP contribution in [-0.4, -0.2) is 18.2 Å². The molecule has 0 aliphatic carbocycles. The van der Waals surface area contributed by atoms with E-state index in [9.17, 15) is 14.3 Å². The summed E-state index contributed by atoms with van der Waals surface area (Å²) in [6.45, 7) is 1.79. The largest absolute Gasteiger partial charge is 0.544 e. The maximum atomic E-state index is 12.6. The van der Waals surface area contributed by atoms with Crippen LogP contribution in [0.4, 0.5) is 4.39 Å². The predicted octanol–water partition coefficient (Wildman–Crippen LogP) is -1.51. The Bertz CT molecular complexity index is 118. The molecule has 10 heavy (non-hydrogen) atoms. The molecule has 0 aromatic heterocycles. The van der Waals surface area contributed by atoms with E-state index in [-0.39, 0.29) is 6.42 Å². The number of hydrogen-bond acceptors (Lipinski definition) is 2. The average Bonchev–Trinajstić information content (AvgIpc) is 1.87. The molecule has 0 fully saturated rings. The molecule has 0 unspecified atom stereocenters. The van der Waals surface area contributed by atoms with Crippen molar-refractivity contribution in [2.24, 2.45) is 0 Å². The van der Waals surface area contributed by atoms with E-state index in [4.69, 9.17) is 0 Å². The highest BCUT2D eigenvalue weighted by atomic mass is 19.1. The topological polar surface area (TPSA) is 67.8 Å². The van der Waals surface area contributed by atoms with Crippen molar-refractivity contribution < 1.29 is 20.0 Å². The highest BCUT2D eigenvalue weighted by Crippen LogP contribution is 2.02. The Morgan fingerprint density at radius 2 is 2.30 bits per heavy atom. The Morgan fingerprint density at radius 1 is 1.80 bits per heavy atom. The Kier molecular flexibility index (Phi) is 3.95. The number of carboxylic acid groups (broad SMARTS) is 1. The van der Waals surface area contributed by atoms with Gasteiger partial charge in [-0.25, -0.2) is 4.39 Å². The molecule has 3 N–H and O–H groups in total. The number of alkyl halides is 1. The van der Waals surface area contributed by atoms with E-state index < -0.39 is 18.2 Å². The zero-order chi connectivity index (χ0) is 8.15. The first-order chi connectivity index (χ1) is 4.59. The van der Waals surface area contributed by atoms with Crippen molar-refractivity contribution in [3.8, 4) is 0 Å². The molecular formula is C6H12FNO2. The molecule has 0 amide bonds. The lowest BCUT2D eigenvalue weighted by Gasteiger charge is -2.12. The lowest BCUT2D eigenvalue weighted by Crippen LogP contribution is -2.72. The zero-order valence-corrected chi connectivity index (χ0v) is 5.97. The minimum atomic E-state index is -1.42. The highest BCUT2D eigenvalue weighted by molar-refractivity contribution is 5.69. The number of hydrogen-bond donors (Lipinski definition) is 1. The van der Waals surface area contributed by atoms with Crippen LogP contribution in [0.25, 0.3) is 0 Å². The van der Waals surface area contributed by atoms with Gasteiger partial charge in [-0.2, -0.15) is 0 Å². The van der Waals surface area contributed by atoms with Crippen LogP contribution in [0, 0.1) is 0 Å².